The Morgan fingerprint density at radius 1 is 1.43 bits per heavy atom. The van der Waals surface area contributed by atoms with Gasteiger partial charge in [0, 0.05) is 31.3 Å². The summed E-state index contributed by atoms with van der Waals surface area (Å²) in [5.74, 6) is 0.957. The van der Waals surface area contributed by atoms with Crippen molar-refractivity contribution in [3.05, 3.63) is 0 Å². The Hall–Kier alpha value is -0.750. The average Bonchev–Trinajstić information content (AvgIpc) is 2.98. The van der Waals surface area contributed by atoms with E-state index in [-0.39, 0.29) is 5.91 Å². The molecule has 1 N–H and O–H groups in total. The zero-order valence-electron chi connectivity index (χ0n) is 13.1. The maximum Gasteiger partial charge on any atom is 0.224 e. The Morgan fingerprint density at radius 3 is 2.81 bits per heavy atom. The topological polar surface area (TPSA) is 53.9 Å². The van der Waals surface area contributed by atoms with Crippen LogP contribution in [0.15, 0.2) is 4.99 Å². The molecule has 2 aliphatic heterocycles. The lowest BCUT2D eigenvalue weighted by Gasteiger charge is -2.26. The molecule has 1 fully saturated rings. The van der Waals surface area contributed by atoms with Crippen molar-refractivity contribution in [1.29, 1.82) is 0 Å². The molecule has 1 amide bonds. The minimum absolute atomic E-state index is 0.214. The van der Waals surface area contributed by atoms with Gasteiger partial charge in [-0.05, 0) is 5.92 Å². The molecule has 6 heteroatoms. The maximum absolute atomic E-state index is 12.0. The molecular weight excluding hydrogens is 286 g/mol. The molecule has 1 unspecified atom stereocenters. The molecule has 2 heterocycles. The first-order chi connectivity index (χ1) is 10.2. The molecule has 2 rings (SSSR count). The molecule has 0 aromatic rings. The number of thioether (sulfide) groups is 1. The van der Waals surface area contributed by atoms with Gasteiger partial charge in [-0.3, -0.25) is 9.79 Å². The van der Waals surface area contributed by atoms with Crippen LogP contribution < -0.4 is 5.32 Å². The second-order valence-corrected chi connectivity index (χ2v) is 6.78. The van der Waals surface area contributed by atoms with Gasteiger partial charge < -0.3 is 15.0 Å². The Bertz CT molecular complexity index is 366. The van der Waals surface area contributed by atoms with Crippen molar-refractivity contribution in [3.8, 4) is 0 Å². The van der Waals surface area contributed by atoms with E-state index in [4.69, 9.17) is 4.74 Å². The van der Waals surface area contributed by atoms with E-state index < -0.39 is 0 Å². The third kappa shape index (κ3) is 4.88. The summed E-state index contributed by atoms with van der Waals surface area (Å²) >= 11 is 1.85. The fraction of sp³-hybridized carbons (Fsp3) is 0.867. The van der Waals surface area contributed by atoms with Gasteiger partial charge in [0.2, 0.25) is 5.91 Å². The molecule has 0 spiro atoms. The summed E-state index contributed by atoms with van der Waals surface area (Å²) in [5.41, 5.74) is 0. The predicted octanol–water partition coefficient (Wildman–Crippen LogP) is 1.73. The third-order valence-corrected chi connectivity index (χ3v) is 5.56. The summed E-state index contributed by atoms with van der Waals surface area (Å²) in [6.45, 7) is 8.88. The van der Waals surface area contributed by atoms with Crippen LogP contribution in [0.1, 0.15) is 33.1 Å². The van der Waals surface area contributed by atoms with E-state index in [0.29, 0.717) is 31.4 Å². The van der Waals surface area contributed by atoms with Crippen molar-refractivity contribution in [2.24, 2.45) is 10.9 Å². The molecule has 120 valence electrons. The number of nitrogens with one attached hydrogen (secondary N) is 1. The summed E-state index contributed by atoms with van der Waals surface area (Å²) in [7, 11) is 0. The number of hydrogen-bond donors (Lipinski definition) is 1. The van der Waals surface area contributed by atoms with Crippen LogP contribution in [-0.2, 0) is 9.53 Å². The average molecular weight is 313 g/mol. The number of amidine groups is 1. The number of nitrogens with zero attached hydrogens (tertiary/aromatic N) is 2. The van der Waals surface area contributed by atoms with Crippen LogP contribution in [0.25, 0.3) is 0 Å². The number of rotatable bonds is 6. The van der Waals surface area contributed by atoms with Gasteiger partial charge in [-0.15, -0.1) is 0 Å². The Labute approximate surface area is 131 Å². The van der Waals surface area contributed by atoms with Crippen molar-refractivity contribution >= 4 is 22.8 Å². The number of amides is 1. The molecule has 1 saturated heterocycles. The lowest BCUT2D eigenvalue weighted by atomic mass is 9.99. The van der Waals surface area contributed by atoms with Crippen LogP contribution in [-0.4, -0.2) is 60.6 Å². The van der Waals surface area contributed by atoms with Crippen molar-refractivity contribution in [2.45, 2.75) is 38.4 Å². The fourth-order valence-electron chi connectivity index (χ4n) is 2.80. The largest absolute Gasteiger partial charge is 0.378 e. The van der Waals surface area contributed by atoms with Crippen molar-refractivity contribution in [1.82, 2.24) is 10.2 Å². The van der Waals surface area contributed by atoms with Gasteiger partial charge in [-0.25, -0.2) is 0 Å². The smallest absolute Gasteiger partial charge is 0.224 e. The quantitative estimate of drug-likeness (QED) is 0.811. The number of hydrogen-bond acceptors (Lipinski definition) is 5. The highest BCUT2D eigenvalue weighted by molar-refractivity contribution is 8.14. The van der Waals surface area contributed by atoms with Crippen molar-refractivity contribution in [3.63, 3.8) is 0 Å². The first kappa shape index (κ1) is 16.6. The highest BCUT2D eigenvalue weighted by Gasteiger charge is 2.25. The minimum Gasteiger partial charge on any atom is -0.378 e. The van der Waals surface area contributed by atoms with Crippen LogP contribution >= 0.6 is 11.8 Å². The summed E-state index contributed by atoms with van der Waals surface area (Å²) in [5, 5.41) is 4.94. The van der Waals surface area contributed by atoms with Gasteiger partial charge in [0.05, 0.1) is 19.8 Å². The van der Waals surface area contributed by atoms with Gasteiger partial charge in [-0.1, -0.05) is 38.5 Å². The predicted molar refractivity (Wildman–Crippen MR) is 87.8 cm³/mol. The fourth-order valence-corrected chi connectivity index (χ4v) is 4.14. The van der Waals surface area contributed by atoms with E-state index in [9.17, 15) is 4.79 Å². The maximum atomic E-state index is 12.0. The molecule has 0 aromatic heterocycles. The van der Waals surface area contributed by atoms with Crippen LogP contribution in [0.3, 0.4) is 0 Å². The van der Waals surface area contributed by atoms with Crippen molar-refractivity contribution in [2.75, 3.05) is 39.4 Å². The zero-order chi connectivity index (χ0) is 15.1. The van der Waals surface area contributed by atoms with Crippen LogP contribution in [0, 0.1) is 5.92 Å². The van der Waals surface area contributed by atoms with Gasteiger partial charge in [0.15, 0.2) is 5.17 Å². The van der Waals surface area contributed by atoms with Crippen molar-refractivity contribution < 1.29 is 9.53 Å². The van der Waals surface area contributed by atoms with E-state index >= 15 is 0 Å². The van der Waals surface area contributed by atoms with Crippen LogP contribution in [0.2, 0.25) is 0 Å². The monoisotopic (exact) mass is 313 g/mol. The lowest BCUT2D eigenvalue weighted by Crippen LogP contribution is -2.41. The zero-order valence-corrected chi connectivity index (χ0v) is 14.0. The number of ether oxygens (including phenoxy) is 1. The summed E-state index contributed by atoms with van der Waals surface area (Å²) in [6.07, 6.45) is 2.97. The molecule has 0 bridgehead atoms. The van der Waals surface area contributed by atoms with E-state index in [1.54, 1.807) is 0 Å². The highest BCUT2D eigenvalue weighted by Crippen LogP contribution is 2.30. The Kier molecular flexibility index (Phi) is 6.83. The molecule has 1 atom stereocenters. The molecule has 0 aromatic carbocycles. The SMILES string of the molecule is CCC(CC)C1CN=C(NCCC(=O)N2CCOCC2)S1. The minimum atomic E-state index is 0.214. The van der Waals surface area contributed by atoms with E-state index in [2.05, 4.69) is 24.2 Å². The Balaban J connectivity index is 1.64. The molecule has 0 aliphatic carbocycles. The van der Waals surface area contributed by atoms with Crippen LogP contribution in [0.4, 0.5) is 0 Å². The first-order valence-corrected chi connectivity index (χ1v) is 8.93. The van der Waals surface area contributed by atoms with Gasteiger partial charge >= 0.3 is 0 Å². The standard InChI is InChI=1S/C15H27N3O2S/c1-3-12(4-2)13-11-17-15(21-13)16-6-5-14(19)18-7-9-20-10-8-18/h12-13H,3-11H2,1-2H3,(H,16,17). The molecule has 0 saturated carbocycles. The third-order valence-electron chi connectivity index (χ3n) is 4.23. The van der Waals surface area contributed by atoms with Gasteiger partial charge in [-0.2, -0.15) is 0 Å². The van der Waals surface area contributed by atoms with E-state index in [1.807, 2.05) is 16.7 Å². The second kappa shape index (κ2) is 8.63. The van der Waals surface area contributed by atoms with E-state index in [0.717, 1.165) is 30.7 Å². The van der Waals surface area contributed by atoms with Crippen LogP contribution in [0.5, 0.6) is 0 Å². The Morgan fingerprint density at radius 2 is 2.14 bits per heavy atom. The lowest BCUT2D eigenvalue weighted by molar-refractivity contribution is -0.135. The first-order valence-electron chi connectivity index (χ1n) is 8.05. The van der Waals surface area contributed by atoms with Gasteiger partial charge in [0.25, 0.3) is 0 Å². The molecular formula is C15H27N3O2S. The number of morpholine rings is 1. The molecule has 21 heavy (non-hydrogen) atoms. The van der Waals surface area contributed by atoms with Gasteiger partial charge in [0.1, 0.15) is 0 Å². The summed E-state index contributed by atoms with van der Waals surface area (Å²) < 4.78 is 5.26. The van der Waals surface area contributed by atoms with E-state index in [1.165, 1.54) is 12.8 Å². The highest BCUT2D eigenvalue weighted by atomic mass is 32.2. The molecule has 2 aliphatic rings. The summed E-state index contributed by atoms with van der Waals surface area (Å²) in [4.78, 5) is 18.5. The normalized spacial score (nSPS) is 22.5. The number of carbonyl (C=O) groups excluding carboxylic acids is 1. The second-order valence-electron chi connectivity index (χ2n) is 5.55. The molecule has 5 nitrogen and oxygen atoms in total. The number of carbonyl (C=O) groups is 1. The summed E-state index contributed by atoms with van der Waals surface area (Å²) in [6, 6.07) is 0. The molecule has 0 radical (unpaired) electrons. The number of aliphatic imine (C=N–C) groups is 1.